The largest absolute Gasteiger partial charge is 0.378 e. The topological polar surface area (TPSA) is 36.3 Å². The van der Waals surface area contributed by atoms with Crippen LogP contribution < -0.4 is 15.1 Å². The number of hydrogen-bond donors (Lipinski definition) is 1. The molecule has 1 N–H and O–H groups in total. The molecule has 1 fully saturated rings. The molecule has 0 unspecified atom stereocenters. The number of thiocarbonyl (C=S) groups is 1. The van der Waals surface area contributed by atoms with Crippen LogP contribution in [-0.4, -0.2) is 28.8 Å². The first kappa shape index (κ1) is 22.1. The molecule has 1 aliphatic rings. The summed E-state index contributed by atoms with van der Waals surface area (Å²) >= 11 is 5.81. The summed E-state index contributed by atoms with van der Waals surface area (Å²) in [4.78, 5) is 8.77. The van der Waals surface area contributed by atoms with Crippen molar-refractivity contribution >= 4 is 28.7 Å². The van der Waals surface area contributed by atoms with Crippen molar-refractivity contribution < 1.29 is 4.39 Å². The van der Waals surface area contributed by atoms with Crippen molar-refractivity contribution in [2.75, 3.05) is 23.9 Å². The third-order valence-corrected chi connectivity index (χ3v) is 6.56. The Morgan fingerprint density at radius 3 is 2.41 bits per heavy atom. The fourth-order valence-corrected chi connectivity index (χ4v) is 4.84. The molecule has 0 aliphatic carbocycles. The van der Waals surface area contributed by atoms with E-state index in [0.717, 1.165) is 28.5 Å². The van der Waals surface area contributed by atoms with Gasteiger partial charge in [0.2, 0.25) is 0 Å². The standard InChI is InChI=1S/C27H26FN5S/c1-18-17-21(13-14-22(18)28)33-26(25(30-27(33)34)23-7-4-5-15-29-23)24-8-6-16-32(24)20-11-9-19(10-12-20)31(2)3/h4-17,25-26H,1-3H3,(H,30,34)/t25-,26-/m0/s1. The van der Waals surface area contributed by atoms with Crippen LogP contribution in [0.15, 0.2) is 85.2 Å². The first-order chi connectivity index (χ1) is 16.4. The summed E-state index contributed by atoms with van der Waals surface area (Å²) in [6.07, 6.45) is 3.85. The Labute approximate surface area is 204 Å². The van der Waals surface area contributed by atoms with Gasteiger partial charge in [0.15, 0.2) is 5.11 Å². The number of pyridine rings is 1. The van der Waals surface area contributed by atoms with Crippen molar-refractivity contribution in [3.8, 4) is 5.69 Å². The van der Waals surface area contributed by atoms with Gasteiger partial charge in [0.05, 0.1) is 11.7 Å². The highest BCUT2D eigenvalue weighted by Gasteiger charge is 2.42. The van der Waals surface area contributed by atoms with Crippen LogP contribution >= 0.6 is 12.2 Å². The molecule has 0 amide bonds. The third kappa shape index (κ3) is 3.92. The Balaban J connectivity index is 1.64. The summed E-state index contributed by atoms with van der Waals surface area (Å²) in [6, 6.07) is 23.2. The molecule has 5 rings (SSSR count). The summed E-state index contributed by atoms with van der Waals surface area (Å²) < 4.78 is 16.3. The van der Waals surface area contributed by atoms with Crippen LogP contribution in [0.25, 0.3) is 5.69 Å². The maximum absolute atomic E-state index is 14.1. The predicted molar refractivity (Wildman–Crippen MR) is 139 cm³/mol. The Bertz CT molecular complexity index is 1320. The fourth-order valence-electron chi connectivity index (χ4n) is 4.49. The zero-order valence-corrected chi connectivity index (χ0v) is 20.1. The highest BCUT2D eigenvalue weighted by molar-refractivity contribution is 7.80. The molecule has 0 spiro atoms. The normalized spacial score (nSPS) is 17.6. The molecule has 2 atom stereocenters. The molecule has 4 aromatic rings. The van der Waals surface area contributed by atoms with Gasteiger partial charge in [0.1, 0.15) is 11.9 Å². The van der Waals surface area contributed by atoms with E-state index in [-0.39, 0.29) is 17.9 Å². The number of nitrogens with one attached hydrogen (secondary N) is 1. The first-order valence-corrected chi connectivity index (χ1v) is 11.6. The zero-order chi connectivity index (χ0) is 23.8. The monoisotopic (exact) mass is 471 g/mol. The first-order valence-electron chi connectivity index (χ1n) is 11.2. The van der Waals surface area contributed by atoms with Gasteiger partial charge in [-0.25, -0.2) is 4.39 Å². The Hall–Kier alpha value is -3.71. The molecule has 34 heavy (non-hydrogen) atoms. The van der Waals surface area contributed by atoms with E-state index in [4.69, 9.17) is 12.2 Å². The van der Waals surface area contributed by atoms with Gasteiger partial charge < -0.3 is 19.7 Å². The van der Waals surface area contributed by atoms with Gasteiger partial charge in [-0.3, -0.25) is 4.98 Å². The second kappa shape index (κ2) is 8.91. The van der Waals surface area contributed by atoms with Gasteiger partial charge in [0, 0.05) is 49.2 Å². The number of aromatic nitrogens is 2. The third-order valence-electron chi connectivity index (χ3n) is 6.25. The molecular formula is C27H26FN5S. The molecule has 0 saturated carbocycles. The average Bonchev–Trinajstić information content (AvgIpc) is 3.46. The van der Waals surface area contributed by atoms with Crippen molar-refractivity contribution in [1.29, 1.82) is 0 Å². The zero-order valence-electron chi connectivity index (χ0n) is 19.3. The van der Waals surface area contributed by atoms with Crippen LogP contribution in [-0.2, 0) is 0 Å². The minimum Gasteiger partial charge on any atom is -0.378 e. The van der Waals surface area contributed by atoms with E-state index < -0.39 is 0 Å². The number of nitrogens with zero attached hydrogens (tertiary/aromatic N) is 4. The van der Waals surface area contributed by atoms with E-state index in [1.54, 1.807) is 19.2 Å². The predicted octanol–water partition coefficient (Wildman–Crippen LogP) is 5.56. The lowest BCUT2D eigenvalue weighted by atomic mass is 10.0. The highest BCUT2D eigenvalue weighted by Crippen LogP contribution is 2.42. The molecule has 172 valence electrons. The van der Waals surface area contributed by atoms with E-state index in [2.05, 4.69) is 61.2 Å². The summed E-state index contributed by atoms with van der Waals surface area (Å²) in [5.74, 6) is -0.232. The minimum absolute atomic E-state index is 0.172. The van der Waals surface area contributed by atoms with E-state index in [9.17, 15) is 4.39 Å². The number of benzene rings is 2. The van der Waals surface area contributed by atoms with Crippen LogP contribution in [0.4, 0.5) is 15.8 Å². The Morgan fingerprint density at radius 1 is 0.971 bits per heavy atom. The number of anilines is 2. The summed E-state index contributed by atoms with van der Waals surface area (Å²) in [5, 5.41) is 4.06. The summed E-state index contributed by atoms with van der Waals surface area (Å²) in [7, 11) is 4.06. The van der Waals surface area contributed by atoms with Crippen molar-refractivity contribution in [3.05, 3.63) is 108 Å². The van der Waals surface area contributed by atoms with Gasteiger partial charge in [0.25, 0.3) is 0 Å². The number of halogens is 1. The fraction of sp³-hybridized carbons (Fsp3) is 0.185. The highest BCUT2D eigenvalue weighted by atomic mass is 32.1. The summed E-state index contributed by atoms with van der Waals surface area (Å²) in [6.45, 7) is 1.77. The van der Waals surface area contributed by atoms with Gasteiger partial charge >= 0.3 is 0 Å². The minimum atomic E-state index is -0.232. The van der Waals surface area contributed by atoms with Gasteiger partial charge in [-0.1, -0.05) is 6.07 Å². The van der Waals surface area contributed by atoms with Crippen LogP contribution in [0.2, 0.25) is 0 Å². The molecular weight excluding hydrogens is 445 g/mol. The molecule has 3 heterocycles. The van der Waals surface area contributed by atoms with E-state index in [1.807, 2.05) is 44.4 Å². The average molecular weight is 472 g/mol. The maximum Gasteiger partial charge on any atom is 0.174 e. The Kier molecular flexibility index (Phi) is 5.79. The molecule has 7 heteroatoms. The molecule has 0 radical (unpaired) electrons. The van der Waals surface area contributed by atoms with E-state index >= 15 is 0 Å². The SMILES string of the molecule is Cc1cc(N2C(=S)N[C@@H](c3ccccn3)[C@@H]2c2cccn2-c2ccc(N(C)C)cc2)ccc1F. The number of hydrogen-bond acceptors (Lipinski definition) is 3. The van der Waals surface area contributed by atoms with Crippen LogP contribution in [0, 0.1) is 12.7 Å². The molecule has 1 aliphatic heterocycles. The molecule has 5 nitrogen and oxygen atoms in total. The second-order valence-corrected chi connectivity index (χ2v) is 9.03. The van der Waals surface area contributed by atoms with Crippen LogP contribution in [0.1, 0.15) is 29.0 Å². The molecule has 2 aromatic heterocycles. The number of rotatable bonds is 5. The molecule has 1 saturated heterocycles. The maximum atomic E-state index is 14.1. The van der Waals surface area contributed by atoms with Crippen molar-refractivity contribution in [2.45, 2.75) is 19.0 Å². The molecule has 0 bridgehead atoms. The Morgan fingerprint density at radius 2 is 1.74 bits per heavy atom. The van der Waals surface area contributed by atoms with Gasteiger partial charge in [-0.2, -0.15) is 0 Å². The number of aryl methyl sites for hydroxylation is 1. The van der Waals surface area contributed by atoms with Gasteiger partial charge in [-0.05, 0) is 91.4 Å². The molecule has 2 aromatic carbocycles. The van der Waals surface area contributed by atoms with Crippen molar-refractivity contribution in [3.63, 3.8) is 0 Å². The lowest BCUT2D eigenvalue weighted by Crippen LogP contribution is -2.30. The van der Waals surface area contributed by atoms with E-state index in [1.165, 1.54) is 6.07 Å². The smallest absolute Gasteiger partial charge is 0.174 e. The summed E-state index contributed by atoms with van der Waals surface area (Å²) in [5.41, 5.74) is 5.56. The lowest BCUT2D eigenvalue weighted by molar-refractivity contribution is 0.549. The van der Waals surface area contributed by atoms with Crippen molar-refractivity contribution in [2.24, 2.45) is 0 Å². The lowest BCUT2D eigenvalue weighted by Gasteiger charge is -2.29. The van der Waals surface area contributed by atoms with E-state index in [0.29, 0.717) is 10.7 Å². The van der Waals surface area contributed by atoms with Crippen molar-refractivity contribution in [1.82, 2.24) is 14.9 Å². The van der Waals surface area contributed by atoms with Crippen LogP contribution in [0.5, 0.6) is 0 Å². The van der Waals surface area contributed by atoms with Crippen LogP contribution in [0.3, 0.4) is 0 Å². The quantitative estimate of drug-likeness (QED) is 0.386. The van der Waals surface area contributed by atoms with Gasteiger partial charge in [-0.15, -0.1) is 0 Å². The second-order valence-electron chi connectivity index (χ2n) is 8.64.